The van der Waals surface area contributed by atoms with Gasteiger partial charge < -0.3 is 0 Å². The van der Waals surface area contributed by atoms with Gasteiger partial charge in [-0.1, -0.05) is 47.6 Å². The van der Waals surface area contributed by atoms with E-state index in [0.29, 0.717) is 46.0 Å². The van der Waals surface area contributed by atoms with Crippen molar-refractivity contribution in [2.45, 2.75) is 11.6 Å². The van der Waals surface area contributed by atoms with Gasteiger partial charge in [0.1, 0.15) is 5.82 Å². The van der Waals surface area contributed by atoms with E-state index in [4.69, 9.17) is 11.6 Å². The van der Waals surface area contributed by atoms with Crippen LogP contribution in [0, 0.1) is 5.82 Å². The molecule has 2 aromatic carbocycles. The second-order valence-electron chi connectivity index (χ2n) is 5.94. The Morgan fingerprint density at radius 1 is 1.14 bits per heavy atom. The zero-order valence-corrected chi connectivity index (χ0v) is 17.4. The molecule has 1 heterocycles. The highest BCUT2D eigenvalue weighted by atomic mass is 35.5. The Hall–Kier alpha value is -1.94. The molecule has 10 heteroatoms. The van der Waals surface area contributed by atoms with Crippen LogP contribution in [0.3, 0.4) is 0 Å². The first-order chi connectivity index (χ1) is 13.4. The van der Waals surface area contributed by atoms with Gasteiger partial charge in [-0.15, -0.1) is 10.2 Å². The number of para-hydroxylation sites is 1. The molecule has 0 aliphatic carbocycles. The molecule has 1 N–H and O–H groups in total. The van der Waals surface area contributed by atoms with Gasteiger partial charge in [-0.25, -0.2) is 17.5 Å². The van der Waals surface area contributed by atoms with Gasteiger partial charge in [0.15, 0.2) is 11.0 Å². The maximum absolute atomic E-state index is 14.5. The minimum Gasteiger partial charge on any atom is -0.267 e. The van der Waals surface area contributed by atoms with Crippen molar-refractivity contribution < 1.29 is 12.8 Å². The summed E-state index contributed by atoms with van der Waals surface area (Å²) in [6.07, 6.45) is 1.70. The summed E-state index contributed by atoms with van der Waals surface area (Å²) in [4.78, 5) is 0. The summed E-state index contributed by atoms with van der Waals surface area (Å²) in [5.74, 6) is 0.612. The van der Waals surface area contributed by atoms with E-state index in [1.807, 2.05) is 6.07 Å². The highest BCUT2D eigenvalue weighted by Gasteiger charge is 2.19. The fourth-order valence-corrected chi connectivity index (χ4v) is 4.14. The molecule has 28 heavy (non-hydrogen) atoms. The molecule has 0 spiro atoms. The predicted molar refractivity (Wildman–Crippen MR) is 110 cm³/mol. The first-order valence-corrected chi connectivity index (χ1v) is 11.6. The molecule has 0 aliphatic rings. The standard InChI is InChI=1S/C18H18ClFN4O2S2/c1-28(25,26)21-11-6-12-27-18-23-22-17(13-7-2-3-8-14(13)19)24(18)16-10-5-4-9-15(16)20/h2-5,7-10,21H,6,11-12H2,1H3. The minimum absolute atomic E-state index is 0.317. The van der Waals surface area contributed by atoms with E-state index in [2.05, 4.69) is 14.9 Å². The van der Waals surface area contributed by atoms with Gasteiger partial charge in [0.2, 0.25) is 10.0 Å². The fourth-order valence-electron chi connectivity index (χ4n) is 2.52. The molecule has 0 fully saturated rings. The molecule has 3 aromatic rings. The van der Waals surface area contributed by atoms with E-state index < -0.39 is 15.8 Å². The maximum atomic E-state index is 14.5. The topological polar surface area (TPSA) is 76.9 Å². The van der Waals surface area contributed by atoms with E-state index >= 15 is 0 Å². The second-order valence-corrected chi connectivity index (χ2v) is 9.24. The zero-order chi connectivity index (χ0) is 20.1. The van der Waals surface area contributed by atoms with Crippen LogP contribution in [0.4, 0.5) is 4.39 Å². The predicted octanol–water partition coefficient (Wildman–Crippen LogP) is 3.76. The number of nitrogens with one attached hydrogen (secondary N) is 1. The van der Waals surface area contributed by atoms with Crippen LogP contribution in [-0.2, 0) is 10.0 Å². The quantitative estimate of drug-likeness (QED) is 0.426. The van der Waals surface area contributed by atoms with Crippen LogP contribution >= 0.6 is 23.4 Å². The molecule has 0 atom stereocenters. The number of hydrogen-bond donors (Lipinski definition) is 1. The van der Waals surface area contributed by atoms with Crippen molar-refractivity contribution in [1.29, 1.82) is 0 Å². The van der Waals surface area contributed by atoms with Crippen molar-refractivity contribution >= 4 is 33.4 Å². The van der Waals surface area contributed by atoms with Gasteiger partial charge in [0.05, 0.1) is 17.0 Å². The lowest BCUT2D eigenvalue weighted by Gasteiger charge is -2.12. The molecule has 0 saturated carbocycles. The van der Waals surface area contributed by atoms with Crippen LogP contribution in [0.2, 0.25) is 5.02 Å². The molecular formula is C18H18ClFN4O2S2. The number of halogens is 2. The van der Waals surface area contributed by atoms with Crippen LogP contribution < -0.4 is 4.72 Å². The average molecular weight is 441 g/mol. The van der Waals surface area contributed by atoms with Gasteiger partial charge in [0.25, 0.3) is 0 Å². The Morgan fingerprint density at radius 2 is 1.86 bits per heavy atom. The molecule has 0 amide bonds. The summed E-state index contributed by atoms with van der Waals surface area (Å²) < 4.78 is 40.8. The van der Waals surface area contributed by atoms with E-state index in [9.17, 15) is 12.8 Å². The lowest BCUT2D eigenvalue weighted by molar-refractivity contribution is 0.587. The maximum Gasteiger partial charge on any atom is 0.208 e. The molecule has 0 saturated heterocycles. The minimum atomic E-state index is -3.22. The number of rotatable bonds is 8. The van der Waals surface area contributed by atoms with Crippen molar-refractivity contribution in [3.05, 3.63) is 59.4 Å². The van der Waals surface area contributed by atoms with Crippen molar-refractivity contribution in [3.8, 4) is 17.1 Å². The van der Waals surface area contributed by atoms with Crippen LogP contribution in [0.15, 0.2) is 53.7 Å². The Labute approximate surface area is 172 Å². The van der Waals surface area contributed by atoms with E-state index in [0.717, 1.165) is 6.26 Å². The van der Waals surface area contributed by atoms with Crippen molar-refractivity contribution in [2.24, 2.45) is 0 Å². The summed E-state index contributed by atoms with van der Waals surface area (Å²) >= 11 is 7.68. The molecule has 3 rings (SSSR count). The van der Waals surface area contributed by atoms with Crippen LogP contribution in [0.1, 0.15) is 6.42 Å². The third kappa shape index (κ3) is 5.11. The molecule has 6 nitrogen and oxygen atoms in total. The van der Waals surface area contributed by atoms with Crippen LogP contribution in [-0.4, -0.2) is 41.7 Å². The second kappa shape index (κ2) is 9.04. The molecule has 0 unspecified atom stereocenters. The third-order valence-corrected chi connectivity index (χ3v) is 5.83. The number of sulfonamides is 1. The van der Waals surface area contributed by atoms with Crippen LogP contribution in [0.25, 0.3) is 17.1 Å². The van der Waals surface area contributed by atoms with E-state index in [-0.39, 0.29) is 0 Å². The number of benzene rings is 2. The third-order valence-electron chi connectivity index (χ3n) is 3.76. The molecule has 1 aromatic heterocycles. The van der Waals surface area contributed by atoms with Gasteiger partial charge in [-0.2, -0.15) is 0 Å². The first-order valence-electron chi connectivity index (χ1n) is 8.39. The summed E-state index contributed by atoms with van der Waals surface area (Å²) in [6.45, 7) is 0.317. The summed E-state index contributed by atoms with van der Waals surface area (Å²) in [7, 11) is -3.22. The SMILES string of the molecule is CS(=O)(=O)NCCCSc1nnc(-c2ccccc2Cl)n1-c1ccccc1F. The highest BCUT2D eigenvalue weighted by Crippen LogP contribution is 2.32. The molecule has 148 valence electrons. The number of hydrogen-bond acceptors (Lipinski definition) is 5. The largest absolute Gasteiger partial charge is 0.267 e. The Kier molecular flexibility index (Phi) is 6.71. The number of aromatic nitrogens is 3. The smallest absolute Gasteiger partial charge is 0.208 e. The zero-order valence-electron chi connectivity index (χ0n) is 15.0. The number of nitrogens with zero attached hydrogens (tertiary/aromatic N) is 3. The van der Waals surface area contributed by atoms with Crippen molar-refractivity contribution in [1.82, 2.24) is 19.5 Å². The lowest BCUT2D eigenvalue weighted by atomic mass is 10.2. The van der Waals surface area contributed by atoms with Crippen molar-refractivity contribution in [3.63, 3.8) is 0 Å². The summed E-state index contributed by atoms with van der Waals surface area (Å²) in [6, 6.07) is 13.5. The Morgan fingerprint density at radius 3 is 2.57 bits per heavy atom. The number of thioether (sulfide) groups is 1. The lowest BCUT2D eigenvalue weighted by Crippen LogP contribution is -2.23. The van der Waals surface area contributed by atoms with E-state index in [1.165, 1.54) is 17.8 Å². The summed E-state index contributed by atoms with van der Waals surface area (Å²) in [5.41, 5.74) is 0.963. The normalized spacial score (nSPS) is 11.7. The van der Waals surface area contributed by atoms with E-state index in [1.54, 1.807) is 41.0 Å². The van der Waals surface area contributed by atoms with Gasteiger partial charge >= 0.3 is 0 Å². The van der Waals surface area contributed by atoms with Crippen LogP contribution in [0.5, 0.6) is 0 Å². The molecule has 0 radical (unpaired) electrons. The highest BCUT2D eigenvalue weighted by molar-refractivity contribution is 7.99. The molecule has 0 bridgehead atoms. The molecule has 0 aliphatic heterocycles. The first kappa shape index (κ1) is 20.8. The Balaban J connectivity index is 1.91. The Bertz CT molecular complexity index is 1070. The summed E-state index contributed by atoms with van der Waals surface area (Å²) in [5, 5.41) is 9.43. The van der Waals surface area contributed by atoms with Gasteiger partial charge in [0, 0.05) is 17.9 Å². The van der Waals surface area contributed by atoms with Gasteiger partial charge in [-0.05, 0) is 30.7 Å². The average Bonchev–Trinajstić information content (AvgIpc) is 3.05. The van der Waals surface area contributed by atoms with Gasteiger partial charge in [-0.3, -0.25) is 4.57 Å². The fraction of sp³-hybridized carbons (Fsp3) is 0.222. The van der Waals surface area contributed by atoms with Crippen molar-refractivity contribution in [2.75, 3.05) is 18.6 Å². The monoisotopic (exact) mass is 440 g/mol. The molecular weight excluding hydrogens is 423 g/mol.